The molecule has 0 atom stereocenters. The lowest BCUT2D eigenvalue weighted by molar-refractivity contribution is -0.133. The molecule has 2 N–H and O–H groups in total. The SMILES string of the molecule is O=C(Nc1ccccc1)C1CCN(CC(=O)N2CCN(c3ccc(O)cc3)CC2)CC1. The number of amides is 2. The first kappa shape index (κ1) is 21.2. The number of nitrogens with zero attached hydrogens (tertiary/aromatic N) is 3. The second kappa shape index (κ2) is 9.83. The molecule has 2 amide bonds. The van der Waals surface area contributed by atoms with Gasteiger partial charge in [-0.15, -0.1) is 0 Å². The first-order chi connectivity index (χ1) is 15.1. The number of phenols is 1. The lowest BCUT2D eigenvalue weighted by Crippen LogP contribution is -2.52. The van der Waals surface area contributed by atoms with Crippen molar-refractivity contribution in [3.63, 3.8) is 0 Å². The average Bonchev–Trinajstić information content (AvgIpc) is 2.81. The number of piperidine rings is 1. The molecular weight excluding hydrogens is 392 g/mol. The molecule has 0 saturated carbocycles. The zero-order valence-electron chi connectivity index (χ0n) is 17.7. The number of anilines is 2. The van der Waals surface area contributed by atoms with Gasteiger partial charge < -0.3 is 20.2 Å². The standard InChI is InChI=1S/C24H30N4O3/c29-22-8-6-21(7-9-22)27-14-16-28(17-15-27)23(30)18-26-12-10-19(11-13-26)24(31)25-20-4-2-1-3-5-20/h1-9,19,29H,10-18H2,(H,25,31). The van der Waals surface area contributed by atoms with Crippen LogP contribution in [0.15, 0.2) is 54.6 Å². The highest BCUT2D eigenvalue weighted by atomic mass is 16.3. The van der Waals surface area contributed by atoms with E-state index >= 15 is 0 Å². The number of benzene rings is 2. The Morgan fingerprint density at radius 1 is 0.871 bits per heavy atom. The van der Waals surface area contributed by atoms with Gasteiger partial charge in [0.25, 0.3) is 0 Å². The number of likely N-dealkylation sites (tertiary alicyclic amines) is 1. The van der Waals surface area contributed by atoms with Gasteiger partial charge in [0.2, 0.25) is 11.8 Å². The summed E-state index contributed by atoms with van der Waals surface area (Å²) in [4.78, 5) is 31.6. The first-order valence-electron chi connectivity index (χ1n) is 11.0. The molecule has 0 spiro atoms. The summed E-state index contributed by atoms with van der Waals surface area (Å²) < 4.78 is 0. The van der Waals surface area contributed by atoms with Crippen molar-refractivity contribution in [1.29, 1.82) is 0 Å². The molecule has 2 aromatic rings. The van der Waals surface area contributed by atoms with Crippen LogP contribution in [0.2, 0.25) is 0 Å². The number of piperazine rings is 1. The fraction of sp³-hybridized carbons (Fsp3) is 0.417. The third-order valence-corrected chi connectivity index (χ3v) is 6.21. The molecule has 7 heteroatoms. The molecule has 2 saturated heterocycles. The minimum Gasteiger partial charge on any atom is -0.508 e. The number of carbonyl (C=O) groups excluding carboxylic acids is 2. The molecule has 7 nitrogen and oxygen atoms in total. The number of para-hydroxylation sites is 1. The fourth-order valence-electron chi connectivity index (χ4n) is 4.29. The second-order valence-electron chi connectivity index (χ2n) is 8.29. The van der Waals surface area contributed by atoms with E-state index in [-0.39, 0.29) is 23.5 Å². The van der Waals surface area contributed by atoms with Crippen LogP contribution in [-0.4, -0.2) is 72.5 Å². The fourth-order valence-corrected chi connectivity index (χ4v) is 4.29. The Balaban J connectivity index is 1.19. The summed E-state index contributed by atoms with van der Waals surface area (Å²) in [5.41, 5.74) is 1.90. The summed E-state index contributed by atoms with van der Waals surface area (Å²) >= 11 is 0. The quantitative estimate of drug-likeness (QED) is 0.774. The molecule has 2 aliphatic rings. The van der Waals surface area contributed by atoms with E-state index in [1.165, 1.54) is 0 Å². The normalized spacial score (nSPS) is 18.1. The number of phenolic OH excluding ortho intramolecular Hbond substituents is 1. The van der Waals surface area contributed by atoms with Crippen molar-refractivity contribution in [2.75, 3.05) is 56.0 Å². The number of rotatable bonds is 5. The van der Waals surface area contributed by atoms with Crippen LogP contribution in [-0.2, 0) is 9.59 Å². The molecule has 31 heavy (non-hydrogen) atoms. The van der Waals surface area contributed by atoms with E-state index in [4.69, 9.17) is 0 Å². The van der Waals surface area contributed by atoms with Gasteiger partial charge in [0.15, 0.2) is 0 Å². The van der Waals surface area contributed by atoms with Crippen molar-refractivity contribution in [1.82, 2.24) is 9.80 Å². The zero-order valence-corrected chi connectivity index (χ0v) is 17.7. The summed E-state index contributed by atoms with van der Waals surface area (Å²) in [5.74, 6) is 0.499. The molecule has 0 bridgehead atoms. The van der Waals surface area contributed by atoms with Crippen LogP contribution in [0.5, 0.6) is 5.75 Å². The van der Waals surface area contributed by atoms with Crippen molar-refractivity contribution in [3.8, 4) is 5.75 Å². The van der Waals surface area contributed by atoms with Gasteiger partial charge in [0, 0.05) is 43.5 Å². The van der Waals surface area contributed by atoms with Crippen LogP contribution >= 0.6 is 0 Å². The van der Waals surface area contributed by atoms with Gasteiger partial charge in [-0.3, -0.25) is 14.5 Å². The van der Waals surface area contributed by atoms with Crippen molar-refractivity contribution in [2.24, 2.45) is 5.92 Å². The minimum atomic E-state index is 0.000382. The van der Waals surface area contributed by atoms with E-state index < -0.39 is 0 Å². The van der Waals surface area contributed by atoms with E-state index in [1.807, 2.05) is 47.4 Å². The highest BCUT2D eigenvalue weighted by molar-refractivity contribution is 5.92. The Hall–Kier alpha value is -3.06. The van der Waals surface area contributed by atoms with E-state index in [1.54, 1.807) is 12.1 Å². The monoisotopic (exact) mass is 422 g/mol. The maximum absolute atomic E-state index is 12.8. The Labute approximate surface area is 183 Å². The molecule has 2 aromatic carbocycles. The van der Waals surface area contributed by atoms with E-state index in [9.17, 15) is 14.7 Å². The Morgan fingerprint density at radius 2 is 1.52 bits per heavy atom. The molecule has 164 valence electrons. The number of aromatic hydroxyl groups is 1. The summed E-state index contributed by atoms with van der Waals surface area (Å²) in [7, 11) is 0. The summed E-state index contributed by atoms with van der Waals surface area (Å²) in [5, 5.41) is 12.4. The molecule has 0 aromatic heterocycles. The largest absolute Gasteiger partial charge is 0.508 e. The molecule has 0 radical (unpaired) electrons. The molecular formula is C24H30N4O3. The minimum absolute atomic E-state index is 0.000382. The van der Waals surface area contributed by atoms with E-state index in [2.05, 4.69) is 15.1 Å². The number of hydrogen-bond donors (Lipinski definition) is 2. The van der Waals surface area contributed by atoms with Crippen LogP contribution in [0.4, 0.5) is 11.4 Å². The molecule has 0 aliphatic carbocycles. The third-order valence-electron chi connectivity index (χ3n) is 6.21. The summed E-state index contributed by atoms with van der Waals surface area (Å²) in [6, 6.07) is 16.7. The number of nitrogens with one attached hydrogen (secondary N) is 1. The van der Waals surface area contributed by atoms with Gasteiger partial charge in [0.05, 0.1) is 6.54 Å². The van der Waals surface area contributed by atoms with Gasteiger partial charge >= 0.3 is 0 Å². The predicted octanol–water partition coefficient (Wildman–Crippen LogP) is 2.39. The third kappa shape index (κ3) is 5.55. The van der Waals surface area contributed by atoms with Gasteiger partial charge in [0.1, 0.15) is 5.75 Å². The van der Waals surface area contributed by atoms with Crippen molar-refractivity contribution in [3.05, 3.63) is 54.6 Å². The van der Waals surface area contributed by atoms with E-state index in [0.29, 0.717) is 19.6 Å². The van der Waals surface area contributed by atoms with Crippen molar-refractivity contribution < 1.29 is 14.7 Å². The highest BCUT2D eigenvalue weighted by Crippen LogP contribution is 2.21. The number of carbonyl (C=O) groups is 2. The second-order valence-corrected chi connectivity index (χ2v) is 8.29. The van der Waals surface area contributed by atoms with Crippen LogP contribution in [0, 0.1) is 5.92 Å². The van der Waals surface area contributed by atoms with Crippen molar-refractivity contribution in [2.45, 2.75) is 12.8 Å². The molecule has 2 fully saturated rings. The number of hydrogen-bond acceptors (Lipinski definition) is 5. The zero-order chi connectivity index (χ0) is 21.6. The first-order valence-corrected chi connectivity index (χ1v) is 11.0. The highest BCUT2D eigenvalue weighted by Gasteiger charge is 2.28. The Kier molecular flexibility index (Phi) is 6.72. The molecule has 0 unspecified atom stereocenters. The lowest BCUT2D eigenvalue weighted by atomic mass is 9.95. The molecule has 2 aliphatic heterocycles. The van der Waals surface area contributed by atoms with Gasteiger partial charge in [-0.05, 0) is 62.3 Å². The average molecular weight is 423 g/mol. The van der Waals surface area contributed by atoms with Crippen LogP contribution in [0.1, 0.15) is 12.8 Å². The van der Waals surface area contributed by atoms with Crippen LogP contribution < -0.4 is 10.2 Å². The predicted molar refractivity (Wildman–Crippen MR) is 121 cm³/mol. The Morgan fingerprint density at radius 3 is 2.16 bits per heavy atom. The van der Waals surface area contributed by atoms with E-state index in [0.717, 1.165) is 50.4 Å². The van der Waals surface area contributed by atoms with Crippen molar-refractivity contribution >= 4 is 23.2 Å². The van der Waals surface area contributed by atoms with Gasteiger partial charge in [-0.2, -0.15) is 0 Å². The lowest BCUT2D eigenvalue weighted by Gasteiger charge is -2.38. The Bertz CT molecular complexity index is 871. The maximum atomic E-state index is 12.8. The van der Waals surface area contributed by atoms with Crippen LogP contribution in [0.25, 0.3) is 0 Å². The summed E-state index contributed by atoms with van der Waals surface area (Å²) in [6.45, 7) is 4.95. The molecule has 2 heterocycles. The van der Waals surface area contributed by atoms with Gasteiger partial charge in [-0.1, -0.05) is 18.2 Å². The topological polar surface area (TPSA) is 76.1 Å². The summed E-state index contributed by atoms with van der Waals surface area (Å²) in [6.07, 6.45) is 1.56. The smallest absolute Gasteiger partial charge is 0.236 e. The van der Waals surface area contributed by atoms with Gasteiger partial charge in [-0.25, -0.2) is 0 Å². The maximum Gasteiger partial charge on any atom is 0.236 e. The molecule has 4 rings (SSSR count). The van der Waals surface area contributed by atoms with Crippen LogP contribution in [0.3, 0.4) is 0 Å².